The van der Waals surface area contributed by atoms with Crippen molar-refractivity contribution >= 4 is 5.91 Å². The number of carbonyl (C=O) groups is 1. The van der Waals surface area contributed by atoms with Crippen molar-refractivity contribution in [2.24, 2.45) is 5.73 Å². The zero-order chi connectivity index (χ0) is 16.5. The van der Waals surface area contributed by atoms with Crippen molar-refractivity contribution in [2.75, 3.05) is 20.3 Å². The molecule has 1 amide bonds. The second-order valence-electron chi connectivity index (χ2n) is 5.07. The summed E-state index contributed by atoms with van der Waals surface area (Å²) < 4.78 is 10.8. The van der Waals surface area contributed by atoms with E-state index in [4.69, 9.17) is 15.2 Å². The first-order valence-corrected chi connectivity index (χ1v) is 7.53. The van der Waals surface area contributed by atoms with E-state index in [1.807, 2.05) is 54.6 Å². The van der Waals surface area contributed by atoms with Crippen LogP contribution in [-0.2, 0) is 4.79 Å². The number of para-hydroxylation sites is 2. The fourth-order valence-corrected chi connectivity index (χ4v) is 2.12. The molecule has 0 aliphatic rings. The number of methoxy groups -OCH3 is 1. The van der Waals surface area contributed by atoms with Gasteiger partial charge in [0.2, 0.25) is 5.91 Å². The molecule has 0 spiro atoms. The van der Waals surface area contributed by atoms with Gasteiger partial charge in [-0.2, -0.15) is 0 Å². The number of nitrogens with one attached hydrogen (secondary N) is 1. The van der Waals surface area contributed by atoms with E-state index >= 15 is 0 Å². The first kappa shape index (κ1) is 16.8. The van der Waals surface area contributed by atoms with Crippen molar-refractivity contribution in [1.29, 1.82) is 0 Å². The lowest BCUT2D eigenvalue weighted by molar-refractivity contribution is -0.121. The molecule has 122 valence electrons. The second kappa shape index (κ2) is 8.80. The molecule has 0 saturated carbocycles. The van der Waals surface area contributed by atoms with Crippen molar-refractivity contribution in [2.45, 2.75) is 12.5 Å². The van der Waals surface area contributed by atoms with Crippen LogP contribution in [0.3, 0.4) is 0 Å². The quantitative estimate of drug-likeness (QED) is 0.784. The van der Waals surface area contributed by atoms with Gasteiger partial charge in [0.05, 0.1) is 20.1 Å². The first-order valence-electron chi connectivity index (χ1n) is 7.53. The van der Waals surface area contributed by atoms with E-state index in [1.165, 1.54) is 0 Å². The Balaban J connectivity index is 1.71. The molecule has 0 aliphatic heterocycles. The minimum atomic E-state index is -0.213. The lowest BCUT2D eigenvalue weighted by Gasteiger charge is -2.14. The van der Waals surface area contributed by atoms with Gasteiger partial charge in [-0.25, -0.2) is 0 Å². The van der Waals surface area contributed by atoms with Crippen LogP contribution in [0.25, 0.3) is 0 Å². The van der Waals surface area contributed by atoms with Crippen LogP contribution in [0.1, 0.15) is 18.0 Å². The zero-order valence-corrected chi connectivity index (χ0v) is 13.2. The predicted octanol–water partition coefficient (Wildman–Crippen LogP) is 2.28. The fourth-order valence-electron chi connectivity index (χ4n) is 2.12. The molecule has 2 rings (SSSR count). The highest BCUT2D eigenvalue weighted by molar-refractivity contribution is 5.76. The highest BCUT2D eigenvalue weighted by Gasteiger charge is 2.09. The summed E-state index contributed by atoms with van der Waals surface area (Å²) in [7, 11) is 1.58. The smallest absolute Gasteiger partial charge is 0.223 e. The van der Waals surface area contributed by atoms with E-state index < -0.39 is 0 Å². The summed E-state index contributed by atoms with van der Waals surface area (Å²) in [6.07, 6.45) is 0.263. The molecule has 2 aromatic carbocycles. The molecule has 0 saturated heterocycles. The van der Waals surface area contributed by atoms with Gasteiger partial charge in [-0.05, 0) is 17.7 Å². The van der Waals surface area contributed by atoms with Crippen LogP contribution in [0.2, 0.25) is 0 Å². The van der Waals surface area contributed by atoms with Gasteiger partial charge in [0, 0.05) is 12.6 Å². The molecule has 0 aliphatic carbocycles. The number of ether oxygens (including phenoxy) is 2. The van der Waals surface area contributed by atoms with Crippen molar-refractivity contribution < 1.29 is 14.3 Å². The second-order valence-corrected chi connectivity index (χ2v) is 5.07. The number of hydrogen-bond donors (Lipinski definition) is 2. The summed E-state index contributed by atoms with van der Waals surface area (Å²) in [6, 6.07) is 16.8. The van der Waals surface area contributed by atoms with E-state index in [1.54, 1.807) is 7.11 Å². The summed E-state index contributed by atoms with van der Waals surface area (Å²) in [6.45, 7) is 0.685. The molecular formula is C18H22N2O3. The van der Waals surface area contributed by atoms with Gasteiger partial charge in [0.1, 0.15) is 0 Å². The molecule has 0 radical (unpaired) electrons. The summed E-state index contributed by atoms with van der Waals surface area (Å²) in [4.78, 5) is 11.8. The normalized spacial score (nSPS) is 11.6. The highest BCUT2D eigenvalue weighted by Crippen LogP contribution is 2.25. The van der Waals surface area contributed by atoms with Crippen LogP contribution in [-0.4, -0.2) is 26.2 Å². The van der Waals surface area contributed by atoms with E-state index in [9.17, 15) is 4.79 Å². The lowest BCUT2D eigenvalue weighted by Crippen LogP contribution is -2.32. The molecule has 0 aromatic heterocycles. The molecule has 5 heteroatoms. The van der Waals surface area contributed by atoms with Gasteiger partial charge < -0.3 is 20.5 Å². The third kappa shape index (κ3) is 5.30. The average molecular weight is 314 g/mol. The fraction of sp³-hybridized carbons (Fsp3) is 0.278. The third-order valence-electron chi connectivity index (χ3n) is 3.40. The number of rotatable bonds is 8. The Morgan fingerprint density at radius 2 is 1.74 bits per heavy atom. The molecule has 0 bridgehead atoms. The molecule has 0 heterocycles. The standard InChI is InChI=1S/C18H22N2O3/c1-22-16-9-5-6-10-17(16)23-12-11-18(21)20-13-15(19)14-7-3-2-4-8-14/h2-10,15H,11-13,19H2,1H3,(H,20,21). The lowest BCUT2D eigenvalue weighted by atomic mass is 10.1. The number of benzene rings is 2. The number of amides is 1. The molecule has 5 nitrogen and oxygen atoms in total. The highest BCUT2D eigenvalue weighted by atomic mass is 16.5. The van der Waals surface area contributed by atoms with Gasteiger partial charge in [-0.1, -0.05) is 42.5 Å². The van der Waals surface area contributed by atoms with E-state index in [0.29, 0.717) is 18.0 Å². The minimum Gasteiger partial charge on any atom is -0.493 e. The Morgan fingerprint density at radius 3 is 2.43 bits per heavy atom. The Morgan fingerprint density at radius 1 is 1.09 bits per heavy atom. The Kier molecular flexibility index (Phi) is 6.44. The Labute approximate surface area is 136 Å². The van der Waals surface area contributed by atoms with Gasteiger partial charge in [0.15, 0.2) is 11.5 Å². The van der Waals surface area contributed by atoms with E-state index in [-0.39, 0.29) is 25.0 Å². The van der Waals surface area contributed by atoms with Crippen molar-refractivity contribution in [3.63, 3.8) is 0 Å². The maximum Gasteiger partial charge on any atom is 0.223 e. The molecule has 1 atom stereocenters. The molecule has 3 N–H and O–H groups in total. The topological polar surface area (TPSA) is 73.6 Å². The SMILES string of the molecule is COc1ccccc1OCCC(=O)NCC(N)c1ccccc1. The van der Waals surface area contributed by atoms with Crippen LogP contribution in [0.5, 0.6) is 11.5 Å². The molecule has 0 fully saturated rings. The predicted molar refractivity (Wildman–Crippen MR) is 89.5 cm³/mol. The average Bonchev–Trinajstić information content (AvgIpc) is 2.61. The van der Waals surface area contributed by atoms with E-state index in [0.717, 1.165) is 5.56 Å². The molecular weight excluding hydrogens is 292 g/mol. The van der Waals surface area contributed by atoms with Crippen LogP contribution < -0.4 is 20.5 Å². The molecule has 2 aromatic rings. The van der Waals surface area contributed by atoms with Crippen molar-refractivity contribution in [3.8, 4) is 11.5 Å². The van der Waals surface area contributed by atoms with Crippen LogP contribution in [0.4, 0.5) is 0 Å². The van der Waals surface area contributed by atoms with Crippen LogP contribution >= 0.6 is 0 Å². The van der Waals surface area contributed by atoms with E-state index in [2.05, 4.69) is 5.32 Å². The van der Waals surface area contributed by atoms with Crippen LogP contribution in [0, 0.1) is 0 Å². The summed E-state index contributed by atoms with van der Waals surface area (Å²) in [5, 5.41) is 2.82. The summed E-state index contributed by atoms with van der Waals surface area (Å²) in [5.41, 5.74) is 7.04. The zero-order valence-electron chi connectivity index (χ0n) is 13.2. The van der Waals surface area contributed by atoms with Crippen molar-refractivity contribution in [3.05, 3.63) is 60.2 Å². The van der Waals surface area contributed by atoms with Gasteiger partial charge in [-0.15, -0.1) is 0 Å². The summed E-state index contributed by atoms with van der Waals surface area (Å²) >= 11 is 0. The Hall–Kier alpha value is -2.53. The largest absolute Gasteiger partial charge is 0.493 e. The number of hydrogen-bond acceptors (Lipinski definition) is 4. The minimum absolute atomic E-state index is 0.0914. The Bertz CT molecular complexity index is 617. The molecule has 23 heavy (non-hydrogen) atoms. The number of nitrogens with two attached hydrogens (primary N) is 1. The summed E-state index contributed by atoms with van der Waals surface area (Å²) in [5.74, 6) is 1.19. The third-order valence-corrected chi connectivity index (χ3v) is 3.40. The van der Waals surface area contributed by atoms with Gasteiger partial charge in [0.25, 0.3) is 0 Å². The van der Waals surface area contributed by atoms with Gasteiger partial charge >= 0.3 is 0 Å². The van der Waals surface area contributed by atoms with Gasteiger partial charge in [-0.3, -0.25) is 4.79 Å². The monoisotopic (exact) mass is 314 g/mol. The van der Waals surface area contributed by atoms with Crippen molar-refractivity contribution in [1.82, 2.24) is 5.32 Å². The van der Waals surface area contributed by atoms with Crippen LogP contribution in [0.15, 0.2) is 54.6 Å². The molecule has 1 unspecified atom stereocenters. The maximum atomic E-state index is 11.8. The maximum absolute atomic E-state index is 11.8. The first-order chi connectivity index (χ1) is 11.2. The number of carbonyl (C=O) groups excluding carboxylic acids is 1.